The van der Waals surface area contributed by atoms with Crippen molar-refractivity contribution in [1.29, 1.82) is 0 Å². The van der Waals surface area contributed by atoms with Crippen LogP contribution in [-0.2, 0) is 4.74 Å². The van der Waals surface area contributed by atoms with E-state index in [9.17, 15) is 0 Å². The maximum Gasteiger partial charge on any atom is 0.169 e. The third kappa shape index (κ3) is 2.11. The number of nitrogens with two attached hydrogens (primary N) is 1. The van der Waals surface area contributed by atoms with Gasteiger partial charge in [-0.25, -0.2) is 9.97 Å². The predicted molar refractivity (Wildman–Crippen MR) is 53.9 cm³/mol. The van der Waals surface area contributed by atoms with Gasteiger partial charge in [-0.05, 0) is 12.8 Å². The Kier molecular flexibility index (Phi) is 2.78. The fourth-order valence-corrected chi connectivity index (χ4v) is 1.51. The third-order valence-electron chi connectivity index (χ3n) is 2.23. The molecule has 1 saturated heterocycles. The molecule has 5 heteroatoms. The van der Waals surface area contributed by atoms with Crippen LogP contribution in [0.2, 0.25) is 0 Å². The number of aromatic nitrogens is 2. The minimum absolute atomic E-state index is 0.308. The highest BCUT2D eigenvalue weighted by atomic mass is 16.5. The van der Waals surface area contributed by atoms with E-state index in [0.717, 1.165) is 26.1 Å². The second-order valence-electron chi connectivity index (χ2n) is 3.35. The Bertz CT molecular complexity index is 299. The normalized spacial score (nSPS) is 21.9. The molecule has 1 atom stereocenters. The van der Waals surface area contributed by atoms with Gasteiger partial charge in [0.15, 0.2) is 11.6 Å². The summed E-state index contributed by atoms with van der Waals surface area (Å²) in [6.45, 7) is 1.57. The van der Waals surface area contributed by atoms with E-state index in [1.54, 1.807) is 12.4 Å². The van der Waals surface area contributed by atoms with Crippen molar-refractivity contribution in [3.05, 3.63) is 12.4 Å². The van der Waals surface area contributed by atoms with E-state index in [2.05, 4.69) is 15.3 Å². The minimum Gasteiger partial charge on any atom is -0.381 e. The summed E-state index contributed by atoms with van der Waals surface area (Å²) in [5.74, 6) is 1.10. The van der Waals surface area contributed by atoms with Gasteiger partial charge in [0.2, 0.25) is 0 Å². The van der Waals surface area contributed by atoms with Crippen LogP contribution in [0.5, 0.6) is 0 Å². The average molecular weight is 194 g/mol. The van der Waals surface area contributed by atoms with Crippen molar-refractivity contribution in [3.63, 3.8) is 0 Å². The van der Waals surface area contributed by atoms with E-state index in [1.165, 1.54) is 0 Å². The molecule has 1 aromatic heterocycles. The number of anilines is 2. The van der Waals surface area contributed by atoms with Gasteiger partial charge in [0, 0.05) is 19.0 Å². The summed E-state index contributed by atoms with van der Waals surface area (Å²) >= 11 is 0. The summed E-state index contributed by atoms with van der Waals surface area (Å²) in [7, 11) is 0. The lowest BCUT2D eigenvalue weighted by molar-refractivity contribution is 0.0875. The van der Waals surface area contributed by atoms with E-state index < -0.39 is 0 Å². The lowest BCUT2D eigenvalue weighted by atomic mass is 10.1. The number of nitrogen functional groups attached to an aromatic ring is 1. The quantitative estimate of drug-likeness (QED) is 0.723. The molecule has 0 radical (unpaired) electrons. The van der Waals surface area contributed by atoms with Crippen LogP contribution in [0.1, 0.15) is 12.8 Å². The van der Waals surface area contributed by atoms with Gasteiger partial charge >= 0.3 is 0 Å². The molecular formula is C9H14N4O. The molecular weight excluding hydrogens is 180 g/mol. The van der Waals surface area contributed by atoms with E-state index in [0.29, 0.717) is 17.7 Å². The molecule has 0 bridgehead atoms. The number of rotatable bonds is 2. The van der Waals surface area contributed by atoms with Crippen LogP contribution in [0.25, 0.3) is 0 Å². The number of nitrogens with one attached hydrogen (secondary N) is 1. The van der Waals surface area contributed by atoms with Gasteiger partial charge in [0.05, 0.1) is 12.6 Å². The Morgan fingerprint density at radius 3 is 3.00 bits per heavy atom. The molecule has 1 aliphatic heterocycles. The molecule has 5 nitrogen and oxygen atoms in total. The Hall–Kier alpha value is -1.36. The average Bonchev–Trinajstić information content (AvgIpc) is 2.23. The summed E-state index contributed by atoms with van der Waals surface area (Å²) in [6, 6.07) is 0.308. The van der Waals surface area contributed by atoms with Crippen LogP contribution < -0.4 is 11.1 Å². The van der Waals surface area contributed by atoms with Crippen LogP contribution in [0, 0.1) is 0 Å². The largest absolute Gasteiger partial charge is 0.381 e. The van der Waals surface area contributed by atoms with E-state index in [4.69, 9.17) is 10.5 Å². The van der Waals surface area contributed by atoms with Gasteiger partial charge in [-0.3, -0.25) is 0 Å². The highest BCUT2D eigenvalue weighted by molar-refractivity contribution is 5.55. The standard InChI is InChI=1S/C9H14N4O/c10-8-9(12-4-3-11-8)13-7-2-1-5-14-6-7/h3-4,7H,1-2,5-6H2,(H2,10,11)(H,12,13). The Morgan fingerprint density at radius 2 is 2.29 bits per heavy atom. The predicted octanol–water partition coefficient (Wildman–Crippen LogP) is 0.650. The Balaban J connectivity index is 1.99. The summed E-state index contributed by atoms with van der Waals surface area (Å²) in [6.07, 6.45) is 5.38. The zero-order valence-corrected chi connectivity index (χ0v) is 7.94. The van der Waals surface area contributed by atoms with E-state index in [1.807, 2.05) is 0 Å². The van der Waals surface area contributed by atoms with Crippen molar-refractivity contribution < 1.29 is 4.74 Å². The number of hydrogen-bond acceptors (Lipinski definition) is 5. The van der Waals surface area contributed by atoms with E-state index >= 15 is 0 Å². The first-order valence-corrected chi connectivity index (χ1v) is 4.77. The van der Waals surface area contributed by atoms with Gasteiger partial charge in [-0.15, -0.1) is 0 Å². The van der Waals surface area contributed by atoms with Crippen molar-refractivity contribution in [2.24, 2.45) is 0 Å². The molecule has 2 rings (SSSR count). The zero-order chi connectivity index (χ0) is 9.80. The first-order chi connectivity index (χ1) is 6.86. The number of ether oxygens (including phenoxy) is 1. The van der Waals surface area contributed by atoms with Crippen molar-refractivity contribution in [2.45, 2.75) is 18.9 Å². The van der Waals surface area contributed by atoms with Crippen LogP contribution in [0.3, 0.4) is 0 Å². The minimum atomic E-state index is 0.308. The maximum absolute atomic E-state index is 5.66. The first-order valence-electron chi connectivity index (χ1n) is 4.77. The van der Waals surface area contributed by atoms with Crippen LogP contribution in [0.15, 0.2) is 12.4 Å². The van der Waals surface area contributed by atoms with E-state index in [-0.39, 0.29) is 0 Å². The molecule has 1 aliphatic rings. The van der Waals surface area contributed by atoms with Crippen molar-refractivity contribution in [2.75, 3.05) is 24.3 Å². The molecule has 3 N–H and O–H groups in total. The molecule has 14 heavy (non-hydrogen) atoms. The monoisotopic (exact) mass is 194 g/mol. The van der Waals surface area contributed by atoms with Crippen molar-refractivity contribution >= 4 is 11.6 Å². The second kappa shape index (κ2) is 4.23. The fraction of sp³-hybridized carbons (Fsp3) is 0.556. The lowest BCUT2D eigenvalue weighted by Crippen LogP contribution is -2.30. The molecule has 1 unspecified atom stereocenters. The van der Waals surface area contributed by atoms with Gasteiger partial charge < -0.3 is 15.8 Å². The van der Waals surface area contributed by atoms with Gasteiger partial charge in [0.1, 0.15) is 0 Å². The van der Waals surface area contributed by atoms with Crippen LogP contribution in [-0.4, -0.2) is 29.2 Å². The lowest BCUT2D eigenvalue weighted by Gasteiger charge is -2.23. The summed E-state index contributed by atoms with van der Waals surface area (Å²) < 4.78 is 5.34. The molecule has 0 saturated carbocycles. The van der Waals surface area contributed by atoms with Gasteiger partial charge in [0.25, 0.3) is 0 Å². The molecule has 1 aromatic rings. The second-order valence-corrected chi connectivity index (χ2v) is 3.35. The topological polar surface area (TPSA) is 73.1 Å². The molecule has 76 valence electrons. The van der Waals surface area contributed by atoms with Gasteiger partial charge in [-0.1, -0.05) is 0 Å². The first kappa shape index (κ1) is 9.21. The highest BCUT2D eigenvalue weighted by Gasteiger charge is 2.14. The van der Waals surface area contributed by atoms with Crippen molar-refractivity contribution in [3.8, 4) is 0 Å². The zero-order valence-electron chi connectivity index (χ0n) is 7.94. The Labute approximate surface area is 82.7 Å². The Morgan fingerprint density at radius 1 is 1.43 bits per heavy atom. The third-order valence-corrected chi connectivity index (χ3v) is 2.23. The maximum atomic E-state index is 5.66. The number of nitrogens with zero attached hydrogens (tertiary/aromatic N) is 2. The van der Waals surface area contributed by atoms with Gasteiger partial charge in [-0.2, -0.15) is 0 Å². The molecule has 0 spiro atoms. The molecule has 0 amide bonds. The summed E-state index contributed by atoms with van der Waals surface area (Å²) in [5, 5.41) is 3.23. The summed E-state index contributed by atoms with van der Waals surface area (Å²) in [4.78, 5) is 8.07. The molecule has 1 fully saturated rings. The van der Waals surface area contributed by atoms with Crippen LogP contribution in [0.4, 0.5) is 11.6 Å². The molecule has 0 aliphatic carbocycles. The van der Waals surface area contributed by atoms with Crippen LogP contribution >= 0.6 is 0 Å². The molecule has 2 heterocycles. The highest BCUT2D eigenvalue weighted by Crippen LogP contribution is 2.15. The summed E-state index contributed by atoms with van der Waals surface area (Å²) in [5.41, 5.74) is 5.66. The fourth-order valence-electron chi connectivity index (χ4n) is 1.51. The van der Waals surface area contributed by atoms with Crippen molar-refractivity contribution in [1.82, 2.24) is 9.97 Å². The SMILES string of the molecule is Nc1nccnc1NC1CCCOC1. The number of hydrogen-bond donors (Lipinski definition) is 2. The molecule has 0 aromatic carbocycles. The smallest absolute Gasteiger partial charge is 0.169 e.